The molecule has 0 bridgehead atoms. The first kappa shape index (κ1) is 6.36. The summed E-state index contributed by atoms with van der Waals surface area (Å²) in [5, 5.41) is 0. The van der Waals surface area contributed by atoms with Gasteiger partial charge in [0, 0.05) is 23.9 Å². The first-order valence-corrected chi connectivity index (χ1v) is 2.47. The van der Waals surface area contributed by atoms with Crippen LogP contribution < -0.4 is 0 Å². The third kappa shape index (κ3) is 0.977. The van der Waals surface area contributed by atoms with E-state index >= 15 is 0 Å². The van der Waals surface area contributed by atoms with Crippen LogP contribution in [-0.2, 0) is 4.74 Å². The van der Waals surface area contributed by atoms with Gasteiger partial charge in [0.05, 0.1) is 0 Å². The van der Waals surface area contributed by atoms with Crippen LogP contribution in [0.1, 0.15) is 0 Å². The Morgan fingerprint density at radius 3 is 1.88 bits per heavy atom. The van der Waals surface area contributed by atoms with E-state index in [1.807, 2.05) is 12.2 Å². The summed E-state index contributed by atoms with van der Waals surface area (Å²) in [5.41, 5.74) is 0. The van der Waals surface area contributed by atoms with Crippen molar-refractivity contribution in [3.63, 3.8) is 0 Å². The number of fused-ring (bicyclic) bond motifs is 1. The fraction of sp³-hybridized carbons (Fsp3) is 0.333. The van der Waals surface area contributed by atoms with Crippen molar-refractivity contribution in [2.75, 3.05) is 0 Å². The summed E-state index contributed by atoms with van der Waals surface area (Å²) in [6.45, 7) is 0. The summed E-state index contributed by atoms with van der Waals surface area (Å²) >= 11 is 0. The Kier molecular flexibility index (Phi) is 1.77. The van der Waals surface area contributed by atoms with Crippen LogP contribution in [0.25, 0.3) is 0 Å². The predicted molar refractivity (Wildman–Crippen MR) is 32.7 cm³/mol. The maximum absolute atomic E-state index is 5.10. The summed E-state index contributed by atoms with van der Waals surface area (Å²) in [6, 6.07) is 0. The van der Waals surface area contributed by atoms with Crippen LogP contribution in [0.4, 0.5) is 0 Å². The molecule has 0 aromatic rings. The van der Waals surface area contributed by atoms with Gasteiger partial charge in [0.2, 0.25) is 0 Å². The van der Waals surface area contributed by atoms with E-state index in [0.717, 1.165) is 0 Å². The van der Waals surface area contributed by atoms with Crippen molar-refractivity contribution in [2.24, 2.45) is 0 Å². The topological polar surface area (TPSA) is 12.5 Å². The molecule has 1 fully saturated rings. The van der Waals surface area contributed by atoms with Crippen LogP contribution in [0.15, 0.2) is 24.3 Å². The first-order valence-electron chi connectivity index (χ1n) is 2.47. The molecule has 0 N–H and O–H groups in total. The zero-order chi connectivity index (χ0) is 4.69. The van der Waals surface area contributed by atoms with Crippen LogP contribution in [0.2, 0.25) is 0 Å². The molecule has 8 heavy (non-hydrogen) atoms. The SMILES string of the molecule is C1=CC2OC2C=C1.[Sn]. The van der Waals surface area contributed by atoms with Crippen molar-refractivity contribution in [3.05, 3.63) is 24.3 Å². The molecule has 0 aromatic heterocycles. The summed E-state index contributed by atoms with van der Waals surface area (Å²) < 4.78 is 5.10. The molecule has 1 aliphatic carbocycles. The van der Waals surface area contributed by atoms with E-state index in [1.54, 1.807) is 0 Å². The zero-order valence-electron chi connectivity index (χ0n) is 4.37. The molecule has 1 saturated heterocycles. The summed E-state index contributed by atoms with van der Waals surface area (Å²) in [6.07, 6.45) is 9.06. The van der Waals surface area contributed by atoms with Crippen molar-refractivity contribution in [1.82, 2.24) is 0 Å². The Balaban J connectivity index is 0.000000320. The average molecular weight is 213 g/mol. The minimum Gasteiger partial charge on any atom is -0.361 e. The molecular formula is C6H6OSn. The van der Waals surface area contributed by atoms with E-state index in [9.17, 15) is 0 Å². The van der Waals surface area contributed by atoms with Crippen molar-refractivity contribution in [1.29, 1.82) is 0 Å². The molecule has 1 nitrogen and oxygen atoms in total. The van der Waals surface area contributed by atoms with E-state index in [4.69, 9.17) is 4.74 Å². The molecule has 0 aromatic carbocycles. The van der Waals surface area contributed by atoms with Gasteiger partial charge >= 0.3 is 0 Å². The van der Waals surface area contributed by atoms with Gasteiger partial charge in [-0.15, -0.1) is 0 Å². The van der Waals surface area contributed by atoms with Crippen molar-refractivity contribution in [2.45, 2.75) is 12.2 Å². The zero-order valence-corrected chi connectivity index (χ0v) is 7.23. The molecular weight excluding hydrogens is 207 g/mol. The Hall–Kier alpha value is 0.239. The van der Waals surface area contributed by atoms with Gasteiger partial charge < -0.3 is 4.74 Å². The van der Waals surface area contributed by atoms with Crippen LogP contribution >= 0.6 is 0 Å². The maximum atomic E-state index is 5.10. The van der Waals surface area contributed by atoms with Gasteiger partial charge in [-0.05, 0) is 0 Å². The molecule has 2 heteroatoms. The molecule has 2 aliphatic rings. The number of rotatable bonds is 0. The number of hydrogen-bond acceptors (Lipinski definition) is 1. The molecule has 2 unspecified atom stereocenters. The molecule has 0 spiro atoms. The third-order valence-corrected chi connectivity index (χ3v) is 1.27. The first-order chi connectivity index (χ1) is 3.47. The van der Waals surface area contributed by atoms with Crippen molar-refractivity contribution < 1.29 is 4.74 Å². The second kappa shape index (κ2) is 2.23. The van der Waals surface area contributed by atoms with E-state index < -0.39 is 0 Å². The molecule has 1 aliphatic heterocycles. The van der Waals surface area contributed by atoms with E-state index in [2.05, 4.69) is 12.2 Å². The van der Waals surface area contributed by atoms with Crippen LogP contribution in [0, 0.1) is 0 Å². The van der Waals surface area contributed by atoms with Gasteiger partial charge in [-0.1, -0.05) is 24.3 Å². The quantitative estimate of drug-likeness (QED) is 0.421. The Morgan fingerprint density at radius 2 is 1.50 bits per heavy atom. The molecule has 2 rings (SSSR count). The van der Waals surface area contributed by atoms with Gasteiger partial charge in [-0.3, -0.25) is 0 Å². The summed E-state index contributed by atoms with van der Waals surface area (Å²) in [7, 11) is 0. The molecule has 2 atom stereocenters. The van der Waals surface area contributed by atoms with Crippen molar-refractivity contribution >= 4 is 23.9 Å². The van der Waals surface area contributed by atoms with Crippen LogP contribution in [-0.4, -0.2) is 36.1 Å². The molecule has 1 heterocycles. The van der Waals surface area contributed by atoms with Crippen LogP contribution in [0.3, 0.4) is 0 Å². The van der Waals surface area contributed by atoms with Gasteiger partial charge in [0.25, 0.3) is 0 Å². The monoisotopic (exact) mass is 214 g/mol. The van der Waals surface area contributed by atoms with E-state index in [-0.39, 0.29) is 23.9 Å². The van der Waals surface area contributed by atoms with Gasteiger partial charge in [0.15, 0.2) is 0 Å². The number of hydrogen-bond donors (Lipinski definition) is 0. The second-order valence-corrected chi connectivity index (χ2v) is 1.84. The summed E-state index contributed by atoms with van der Waals surface area (Å²) in [5.74, 6) is 0. The predicted octanol–water partition coefficient (Wildman–Crippen LogP) is 0.499. The standard InChI is InChI=1S/C6H6O.Sn/c1-2-4-6-5(3-1)7-6;/h1-6H;. The largest absolute Gasteiger partial charge is 0.361 e. The summed E-state index contributed by atoms with van der Waals surface area (Å²) in [4.78, 5) is 0. The normalized spacial score (nSPS) is 38.0. The van der Waals surface area contributed by atoms with Crippen molar-refractivity contribution in [3.8, 4) is 0 Å². The second-order valence-electron chi connectivity index (χ2n) is 1.84. The minimum absolute atomic E-state index is 0. The Labute approximate surface area is 65.4 Å². The number of allylic oxidation sites excluding steroid dienone is 2. The number of ether oxygens (including phenoxy) is 1. The van der Waals surface area contributed by atoms with E-state index in [1.165, 1.54) is 0 Å². The number of epoxide rings is 1. The van der Waals surface area contributed by atoms with Gasteiger partial charge in [-0.25, -0.2) is 0 Å². The fourth-order valence-electron chi connectivity index (χ4n) is 0.793. The Bertz CT molecular complexity index is 123. The van der Waals surface area contributed by atoms with Gasteiger partial charge in [-0.2, -0.15) is 0 Å². The van der Waals surface area contributed by atoms with Crippen LogP contribution in [0.5, 0.6) is 0 Å². The van der Waals surface area contributed by atoms with Gasteiger partial charge in [0.1, 0.15) is 12.2 Å². The molecule has 0 saturated carbocycles. The Morgan fingerprint density at radius 1 is 1.00 bits per heavy atom. The maximum Gasteiger partial charge on any atom is 0.107 e. The third-order valence-electron chi connectivity index (χ3n) is 1.27. The fourth-order valence-corrected chi connectivity index (χ4v) is 0.793. The molecule has 0 amide bonds. The smallest absolute Gasteiger partial charge is 0.107 e. The minimum atomic E-state index is 0. The molecule has 4 radical (unpaired) electrons. The van der Waals surface area contributed by atoms with E-state index in [0.29, 0.717) is 12.2 Å². The average Bonchev–Trinajstić information content (AvgIpc) is 2.41. The molecule has 40 valence electrons.